The van der Waals surface area contributed by atoms with Crippen molar-refractivity contribution in [3.63, 3.8) is 0 Å². The summed E-state index contributed by atoms with van der Waals surface area (Å²) >= 11 is 0. The second kappa shape index (κ2) is 5.63. The van der Waals surface area contributed by atoms with Crippen LogP contribution in [0.25, 0.3) is 5.65 Å². The third kappa shape index (κ3) is 2.80. The molecule has 0 aromatic carbocycles. The van der Waals surface area contributed by atoms with E-state index in [0.717, 1.165) is 11.3 Å². The van der Waals surface area contributed by atoms with Crippen LogP contribution < -0.4 is 24.0 Å². The Bertz CT molecular complexity index is 836. The van der Waals surface area contributed by atoms with E-state index in [9.17, 15) is 9.90 Å². The smallest absolute Gasteiger partial charge is 0.543 e. The maximum atomic E-state index is 10.7. The molecule has 0 bridgehead atoms. The monoisotopic (exact) mass is 289 g/mol. The van der Waals surface area contributed by atoms with Gasteiger partial charge in [-0.05, 0) is 30.4 Å². The number of fused-ring (bicyclic) bond motifs is 1. The second-order valence-electron chi connectivity index (χ2n) is 5.38. The van der Waals surface area contributed by atoms with Gasteiger partial charge in [0.15, 0.2) is 0 Å². The first-order valence-corrected chi connectivity index (χ1v) is 6.83. The number of hydrogen-bond acceptors (Lipinski definition) is 5. The van der Waals surface area contributed by atoms with Crippen LogP contribution in [0.3, 0.4) is 0 Å². The molecule has 0 amide bonds. The van der Waals surface area contributed by atoms with Crippen LogP contribution in [0.4, 0.5) is 0 Å². The Hall–Kier alpha value is -2.03. The Morgan fingerprint density at radius 2 is 2.18 bits per heavy atom. The Morgan fingerprint density at radius 3 is 2.86 bits per heavy atom. The number of rotatable bonds is 4. The molecule has 0 N–H and O–H groups in total. The van der Waals surface area contributed by atoms with Gasteiger partial charge < -0.3 is 18.8 Å². The van der Waals surface area contributed by atoms with Crippen molar-refractivity contribution >= 4 is 11.6 Å². The van der Waals surface area contributed by atoms with Gasteiger partial charge in [0.1, 0.15) is 17.1 Å². The largest absolute Gasteiger partial charge is 1.00 e. The van der Waals surface area contributed by atoms with E-state index in [4.69, 9.17) is 4.52 Å². The van der Waals surface area contributed by atoms with Gasteiger partial charge in [0, 0.05) is 18.5 Å². The first-order chi connectivity index (χ1) is 10.2. The van der Waals surface area contributed by atoms with E-state index in [0.29, 0.717) is 18.1 Å². The van der Waals surface area contributed by atoms with E-state index in [1.807, 2.05) is 16.7 Å². The van der Waals surface area contributed by atoms with Crippen molar-refractivity contribution < 1.29 is 33.3 Å². The molecule has 0 atom stereocenters. The van der Waals surface area contributed by atoms with Crippen LogP contribution in [-0.4, -0.2) is 20.5 Å². The van der Waals surface area contributed by atoms with Crippen LogP contribution in [0.5, 0.6) is 0 Å². The normalized spacial score (nSPS) is 14.0. The minimum Gasteiger partial charge on any atom is -0.543 e. The number of aromatic nitrogens is 3. The average molecular weight is 289 g/mol. The summed E-state index contributed by atoms with van der Waals surface area (Å²) in [5, 5.41) is 14.1. The third-order valence-corrected chi connectivity index (χ3v) is 3.70. The summed E-state index contributed by atoms with van der Waals surface area (Å²) in [5.41, 5.74) is 2.83. The molecule has 6 nitrogen and oxygen atoms in total. The number of pyridine rings is 1. The molecule has 1 aliphatic carbocycles. The van der Waals surface area contributed by atoms with Crippen molar-refractivity contribution in [1.29, 1.82) is 0 Å². The fourth-order valence-electron chi connectivity index (χ4n) is 2.48. The van der Waals surface area contributed by atoms with Crippen LogP contribution in [0, 0.1) is 0 Å². The number of carbonyl (C=O) groups is 1. The molecule has 0 unspecified atom stereocenters. The third-order valence-electron chi connectivity index (χ3n) is 3.70. The van der Waals surface area contributed by atoms with Crippen LogP contribution in [0.1, 0.15) is 46.3 Å². The van der Waals surface area contributed by atoms with Gasteiger partial charge in [-0.2, -0.15) is 0 Å². The van der Waals surface area contributed by atoms with Crippen molar-refractivity contribution in [2.24, 2.45) is 0 Å². The molecule has 0 radical (unpaired) electrons. The summed E-state index contributed by atoms with van der Waals surface area (Å²) in [6.07, 6.45) is 6.97. The zero-order chi connectivity index (χ0) is 14.4. The molecule has 1 fully saturated rings. The molecule has 22 heavy (non-hydrogen) atoms. The Labute approximate surface area is 138 Å². The van der Waals surface area contributed by atoms with Gasteiger partial charge in [0.05, 0.1) is 18.1 Å². The molecule has 3 aromatic heterocycles. The zero-order valence-electron chi connectivity index (χ0n) is 12.2. The summed E-state index contributed by atoms with van der Waals surface area (Å²) < 4.78 is 6.98. The van der Waals surface area contributed by atoms with Crippen molar-refractivity contribution in [2.75, 3.05) is 0 Å². The van der Waals surface area contributed by atoms with Crippen LogP contribution in [0.15, 0.2) is 35.1 Å². The predicted octanol–water partition coefficient (Wildman–Crippen LogP) is -1.84. The van der Waals surface area contributed by atoms with Gasteiger partial charge in [-0.3, -0.25) is 0 Å². The number of imidazole rings is 1. The first-order valence-electron chi connectivity index (χ1n) is 6.83. The minimum absolute atomic E-state index is 0. The Morgan fingerprint density at radius 1 is 1.36 bits per heavy atom. The number of carboxylic acids is 1. The molecule has 3 aromatic rings. The molecule has 0 aliphatic heterocycles. The number of nitrogens with zero attached hydrogens (tertiary/aromatic N) is 3. The molecule has 106 valence electrons. The fraction of sp³-hybridized carbons (Fsp3) is 0.267. The second-order valence-corrected chi connectivity index (χ2v) is 5.38. The SMILES string of the molecule is O=C([O-])c1cc(Cc2cn3cc(C4CC4)ccc3n2)on1.[Li+]. The van der Waals surface area contributed by atoms with Gasteiger partial charge in [-0.1, -0.05) is 11.2 Å². The van der Waals surface area contributed by atoms with E-state index in [1.165, 1.54) is 24.5 Å². The van der Waals surface area contributed by atoms with Gasteiger partial charge in [-0.25, -0.2) is 4.98 Å². The topological polar surface area (TPSA) is 83.5 Å². The summed E-state index contributed by atoms with van der Waals surface area (Å²) in [7, 11) is 0. The van der Waals surface area contributed by atoms with Gasteiger partial charge >= 0.3 is 18.9 Å². The maximum Gasteiger partial charge on any atom is 1.00 e. The quantitative estimate of drug-likeness (QED) is 0.527. The Balaban J connectivity index is 0.00000144. The van der Waals surface area contributed by atoms with Gasteiger partial charge in [-0.15, -0.1) is 0 Å². The molecule has 0 saturated heterocycles. The molecule has 4 rings (SSSR count). The van der Waals surface area contributed by atoms with Crippen molar-refractivity contribution in [1.82, 2.24) is 14.5 Å². The molecular weight excluding hydrogens is 277 g/mol. The van der Waals surface area contributed by atoms with E-state index in [-0.39, 0.29) is 24.6 Å². The molecule has 1 aliphatic rings. The minimum atomic E-state index is -1.34. The van der Waals surface area contributed by atoms with Crippen LogP contribution >= 0.6 is 0 Å². The first kappa shape index (κ1) is 14.9. The molecular formula is C15H12LiN3O3. The summed E-state index contributed by atoms with van der Waals surface area (Å²) in [4.78, 5) is 15.2. The summed E-state index contributed by atoms with van der Waals surface area (Å²) in [5.74, 6) is -0.186. The van der Waals surface area contributed by atoms with Crippen molar-refractivity contribution in [3.05, 3.63) is 53.3 Å². The number of aromatic carboxylic acids is 1. The Kier molecular flexibility index (Phi) is 3.81. The number of carboxylic acid groups (broad SMARTS) is 1. The fourth-order valence-corrected chi connectivity index (χ4v) is 2.48. The molecule has 0 spiro atoms. The van der Waals surface area contributed by atoms with E-state index in [1.54, 1.807) is 0 Å². The predicted molar refractivity (Wildman–Crippen MR) is 70.8 cm³/mol. The number of hydrogen-bond donors (Lipinski definition) is 0. The standard InChI is InChI=1S/C15H13N3O3.Li/c19-15(20)13-6-12(21-17-13)5-11-8-18-7-10(9-1-2-9)3-4-14(18)16-11;/h3-4,6-9H,1-2,5H2,(H,19,20);/q;+1/p-1. The van der Waals surface area contributed by atoms with Gasteiger partial charge in [0.2, 0.25) is 0 Å². The molecule has 3 heterocycles. The van der Waals surface area contributed by atoms with E-state index >= 15 is 0 Å². The summed E-state index contributed by atoms with van der Waals surface area (Å²) in [6.45, 7) is 0. The van der Waals surface area contributed by atoms with Crippen LogP contribution in [0.2, 0.25) is 0 Å². The maximum absolute atomic E-state index is 10.7. The summed E-state index contributed by atoms with van der Waals surface area (Å²) in [6, 6.07) is 5.49. The molecule has 1 saturated carbocycles. The van der Waals surface area contributed by atoms with Crippen molar-refractivity contribution in [3.8, 4) is 0 Å². The number of carbonyl (C=O) groups excluding carboxylic acids is 1. The van der Waals surface area contributed by atoms with Gasteiger partial charge in [0.25, 0.3) is 0 Å². The molecule has 7 heteroatoms. The zero-order valence-corrected chi connectivity index (χ0v) is 12.2. The average Bonchev–Trinajstić information content (AvgIpc) is 3.07. The van der Waals surface area contributed by atoms with Crippen molar-refractivity contribution in [2.45, 2.75) is 25.2 Å². The van der Waals surface area contributed by atoms with E-state index < -0.39 is 5.97 Å². The van der Waals surface area contributed by atoms with E-state index in [2.05, 4.69) is 22.4 Å². The van der Waals surface area contributed by atoms with Crippen LogP contribution in [-0.2, 0) is 6.42 Å².